The van der Waals surface area contributed by atoms with E-state index in [4.69, 9.17) is 9.47 Å². The van der Waals surface area contributed by atoms with Crippen molar-refractivity contribution in [1.29, 1.82) is 0 Å². The highest BCUT2D eigenvalue weighted by Crippen LogP contribution is 2.37. The van der Waals surface area contributed by atoms with E-state index in [2.05, 4.69) is 0 Å². The molecule has 0 atom stereocenters. The van der Waals surface area contributed by atoms with Gasteiger partial charge in [0.25, 0.3) is 0 Å². The number of alkyl halides is 3. The van der Waals surface area contributed by atoms with Crippen molar-refractivity contribution >= 4 is 5.78 Å². The number of hydrogen-bond acceptors (Lipinski definition) is 3. The van der Waals surface area contributed by atoms with Crippen LogP contribution in [-0.4, -0.2) is 20.0 Å². The van der Waals surface area contributed by atoms with Gasteiger partial charge in [0.15, 0.2) is 17.3 Å². The molecule has 0 amide bonds. The van der Waals surface area contributed by atoms with Crippen molar-refractivity contribution < 1.29 is 27.4 Å². The number of ketones is 1. The van der Waals surface area contributed by atoms with E-state index in [-0.39, 0.29) is 16.9 Å². The van der Waals surface area contributed by atoms with E-state index in [1.165, 1.54) is 27.2 Å². The standard InChI is InChI=1S/C17H15F3O3/c1-10(21)13-6-5-12(17(18,19)20)9-14(13)11-4-7-15(22-2)16(8-11)23-3/h4-9H,1-3H3. The summed E-state index contributed by atoms with van der Waals surface area (Å²) in [7, 11) is 2.89. The summed E-state index contributed by atoms with van der Waals surface area (Å²) in [6.45, 7) is 1.31. The number of ether oxygens (including phenoxy) is 2. The van der Waals surface area contributed by atoms with Gasteiger partial charge in [-0.1, -0.05) is 12.1 Å². The fourth-order valence-corrected chi connectivity index (χ4v) is 2.27. The first-order chi connectivity index (χ1) is 10.8. The number of Topliss-reactive ketones (excluding diaryl/α,β-unsaturated/α-hetero) is 1. The van der Waals surface area contributed by atoms with E-state index in [0.717, 1.165) is 12.1 Å². The second-order valence-corrected chi connectivity index (χ2v) is 4.88. The lowest BCUT2D eigenvalue weighted by atomic mass is 9.95. The van der Waals surface area contributed by atoms with Crippen LogP contribution in [0.5, 0.6) is 11.5 Å². The largest absolute Gasteiger partial charge is 0.493 e. The number of halogens is 3. The lowest BCUT2D eigenvalue weighted by molar-refractivity contribution is -0.137. The van der Waals surface area contributed by atoms with Crippen LogP contribution >= 0.6 is 0 Å². The predicted octanol–water partition coefficient (Wildman–Crippen LogP) is 4.59. The summed E-state index contributed by atoms with van der Waals surface area (Å²) in [5.74, 6) is 0.507. The van der Waals surface area contributed by atoms with Crippen LogP contribution in [0.4, 0.5) is 13.2 Å². The van der Waals surface area contributed by atoms with Crippen LogP contribution in [0.2, 0.25) is 0 Å². The van der Waals surface area contributed by atoms with Gasteiger partial charge in [-0.05, 0) is 42.3 Å². The molecule has 0 heterocycles. The van der Waals surface area contributed by atoms with Crippen molar-refractivity contribution in [2.75, 3.05) is 14.2 Å². The molecule has 122 valence electrons. The fraction of sp³-hybridized carbons (Fsp3) is 0.235. The van der Waals surface area contributed by atoms with E-state index < -0.39 is 11.7 Å². The normalized spacial score (nSPS) is 11.2. The Morgan fingerprint density at radius 1 is 0.957 bits per heavy atom. The molecule has 0 radical (unpaired) electrons. The zero-order valence-corrected chi connectivity index (χ0v) is 12.8. The molecule has 6 heteroatoms. The van der Waals surface area contributed by atoms with E-state index >= 15 is 0 Å². The van der Waals surface area contributed by atoms with E-state index in [9.17, 15) is 18.0 Å². The van der Waals surface area contributed by atoms with Crippen LogP contribution in [-0.2, 0) is 6.18 Å². The summed E-state index contributed by atoms with van der Waals surface area (Å²) in [6.07, 6.45) is -4.49. The van der Waals surface area contributed by atoms with Gasteiger partial charge in [-0.15, -0.1) is 0 Å². The van der Waals surface area contributed by atoms with Crippen molar-refractivity contribution in [2.24, 2.45) is 0 Å². The number of carbonyl (C=O) groups excluding carboxylic acids is 1. The molecule has 23 heavy (non-hydrogen) atoms. The average Bonchev–Trinajstić information content (AvgIpc) is 2.52. The molecule has 0 unspecified atom stereocenters. The van der Waals surface area contributed by atoms with Crippen molar-refractivity contribution in [1.82, 2.24) is 0 Å². The number of rotatable bonds is 4. The maximum absolute atomic E-state index is 13.0. The summed E-state index contributed by atoms with van der Waals surface area (Å²) in [5, 5.41) is 0. The van der Waals surface area contributed by atoms with Gasteiger partial charge in [-0.2, -0.15) is 13.2 Å². The lowest BCUT2D eigenvalue weighted by Gasteiger charge is -2.14. The predicted molar refractivity (Wildman–Crippen MR) is 80.0 cm³/mol. The van der Waals surface area contributed by atoms with Crippen LogP contribution in [0.15, 0.2) is 36.4 Å². The molecule has 0 saturated heterocycles. The lowest BCUT2D eigenvalue weighted by Crippen LogP contribution is -2.07. The quantitative estimate of drug-likeness (QED) is 0.772. The summed E-state index contributed by atoms with van der Waals surface area (Å²) in [4.78, 5) is 11.7. The third-order valence-electron chi connectivity index (χ3n) is 3.42. The third-order valence-corrected chi connectivity index (χ3v) is 3.42. The van der Waals surface area contributed by atoms with E-state index in [1.807, 2.05) is 0 Å². The molecular weight excluding hydrogens is 309 g/mol. The monoisotopic (exact) mass is 324 g/mol. The Morgan fingerprint density at radius 3 is 2.13 bits per heavy atom. The van der Waals surface area contributed by atoms with Crippen molar-refractivity contribution in [3.8, 4) is 22.6 Å². The van der Waals surface area contributed by atoms with Crippen LogP contribution < -0.4 is 9.47 Å². The number of methoxy groups -OCH3 is 2. The maximum Gasteiger partial charge on any atom is 0.416 e. The summed E-state index contributed by atoms with van der Waals surface area (Å²) in [5.41, 5.74) is 0.0460. The highest BCUT2D eigenvalue weighted by Gasteiger charge is 2.31. The van der Waals surface area contributed by atoms with Crippen LogP contribution in [0.3, 0.4) is 0 Å². The molecule has 0 aliphatic rings. The number of hydrogen-bond donors (Lipinski definition) is 0. The fourth-order valence-electron chi connectivity index (χ4n) is 2.27. The first-order valence-corrected chi connectivity index (χ1v) is 6.72. The molecule has 0 aliphatic carbocycles. The van der Waals surface area contributed by atoms with Crippen LogP contribution in [0, 0.1) is 0 Å². The first-order valence-electron chi connectivity index (χ1n) is 6.72. The molecule has 0 bridgehead atoms. The Kier molecular flexibility index (Phi) is 4.63. The van der Waals surface area contributed by atoms with Gasteiger partial charge in [0, 0.05) is 5.56 Å². The van der Waals surface area contributed by atoms with Gasteiger partial charge in [-0.3, -0.25) is 4.79 Å². The highest BCUT2D eigenvalue weighted by atomic mass is 19.4. The van der Waals surface area contributed by atoms with Gasteiger partial charge >= 0.3 is 6.18 Å². The van der Waals surface area contributed by atoms with Gasteiger partial charge in [-0.25, -0.2) is 0 Å². The second kappa shape index (κ2) is 6.32. The summed E-state index contributed by atoms with van der Waals surface area (Å²) >= 11 is 0. The molecule has 2 aromatic carbocycles. The van der Waals surface area contributed by atoms with Crippen molar-refractivity contribution in [3.05, 3.63) is 47.5 Å². The van der Waals surface area contributed by atoms with Gasteiger partial charge < -0.3 is 9.47 Å². The SMILES string of the molecule is COc1ccc(-c2cc(C(F)(F)F)ccc2C(C)=O)cc1OC. The smallest absolute Gasteiger partial charge is 0.416 e. The molecule has 0 saturated carbocycles. The number of benzene rings is 2. The summed E-state index contributed by atoms with van der Waals surface area (Å²) in [6, 6.07) is 7.78. The Bertz CT molecular complexity index is 736. The minimum absolute atomic E-state index is 0.202. The minimum atomic E-state index is -4.49. The highest BCUT2D eigenvalue weighted by molar-refractivity contribution is 6.01. The maximum atomic E-state index is 13.0. The third kappa shape index (κ3) is 3.47. The second-order valence-electron chi connectivity index (χ2n) is 4.88. The van der Waals surface area contributed by atoms with Crippen molar-refractivity contribution in [2.45, 2.75) is 13.1 Å². The Hall–Kier alpha value is -2.50. The number of carbonyl (C=O) groups is 1. The molecule has 0 N–H and O–H groups in total. The molecule has 2 aromatic rings. The van der Waals surface area contributed by atoms with Crippen molar-refractivity contribution in [3.63, 3.8) is 0 Å². The molecule has 0 fully saturated rings. The van der Waals surface area contributed by atoms with Crippen LogP contribution in [0.1, 0.15) is 22.8 Å². The molecule has 3 nitrogen and oxygen atoms in total. The van der Waals surface area contributed by atoms with E-state index in [1.54, 1.807) is 18.2 Å². The molecule has 0 aromatic heterocycles. The molecule has 0 spiro atoms. The average molecular weight is 324 g/mol. The molecule has 2 rings (SSSR count). The summed E-state index contributed by atoms with van der Waals surface area (Å²) < 4.78 is 49.1. The van der Waals surface area contributed by atoms with Gasteiger partial charge in [0.1, 0.15) is 0 Å². The Labute approximate surface area is 131 Å². The Balaban J connectivity index is 2.67. The minimum Gasteiger partial charge on any atom is -0.493 e. The zero-order chi connectivity index (χ0) is 17.2. The Morgan fingerprint density at radius 2 is 1.61 bits per heavy atom. The molecular formula is C17H15F3O3. The van der Waals surface area contributed by atoms with Gasteiger partial charge in [0.2, 0.25) is 0 Å². The van der Waals surface area contributed by atoms with Gasteiger partial charge in [0.05, 0.1) is 19.8 Å². The zero-order valence-electron chi connectivity index (χ0n) is 12.8. The topological polar surface area (TPSA) is 35.5 Å². The van der Waals surface area contributed by atoms with E-state index in [0.29, 0.717) is 17.1 Å². The molecule has 0 aliphatic heterocycles. The first kappa shape index (κ1) is 16.9. The van der Waals surface area contributed by atoms with Crippen LogP contribution in [0.25, 0.3) is 11.1 Å².